The zero-order chi connectivity index (χ0) is 15.4. The third kappa shape index (κ3) is 3.49. The first-order valence-corrected chi connectivity index (χ1v) is 8.54. The predicted octanol–water partition coefficient (Wildman–Crippen LogP) is 0.920. The van der Waals surface area contributed by atoms with Crippen molar-refractivity contribution in [2.45, 2.75) is 36.8 Å². The van der Waals surface area contributed by atoms with Crippen molar-refractivity contribution in [1.82, 2.24) is 24.9 Å². The van der Waals surface area contributed by atoms with Crippen LogP contribution in [0, 0.1) is 0 Å². The Morgan fingerprint density at radius 3 is 2.73 bits per heavy atom. The molecule has 0 spiro atoms. The summed E-state index contributed by atoms with van der Waals surface area (Å²) in [5.74, 6) is 0.654. The molecule has 0 aliphatic carbocycles. The molecule has 1 unspecified atom stereocenters. The van der Waals surface area contributed by atoms with Gasteiger partial charge in [-0.15, -0.1) is 0 Å². The average molecular weight is 323 g/mol. The molecule has 0 bridgehead atoms. The van der Waals surface area contributed by atoms with E-state index in [1.54, 1.807) is 12.4 Å². The monoisotopic (exact) mass is 323 g/mol. The van der Waals surface area contributed by atoms with E-state index >= 15 is 0 Å². The molecule has 9 heteroatoms. The van der Waals surface area contributed by atoms with Gasteiger partial charge >= 0.3 is 0 Å². The third-order valence-electron chi connectivity index (χ3n) is 3.44. The molecule has 1 saturated heterocycles. The predicted molar refractivity (Wildman–Crippen MR) is 77.2 cm³/mol. The third-order valence-corrected chi connectivity index (χ3v) is 4.81. The molecule has 1 fully saturated rings. The van der Waals surface area contributed by atoms with Gasteiger partial charge in [0, 0.05) is 37.3 Å². The van der Waals surface area contributed by atoms with E-state index < -0.39 is 10.0 Å². The van der Waals surface area contributed by atoms with Crippen LogP contribution in [0.25, 0.3) is 0 Å². The molecule has 0 radical (unpaired) electrons. The highest BCUT2D eigenvalue weighted by Gasteiger charge is 2.19. The minimum atomic E-state index is -3.57. The van der Waals surface area contributed by atoms with E-state index in [2.05, 4.69) is 24.9 Å². The number of aromatic nitrogens is 4. The number of hydrogen-bond acceptors (Lipinski definition) is 6. The summed E-state index contributed by atoms with van der Waals surface area (Å²) in [7, 11) is -3.57. The lowest BCUT2D eigenvalue weighted by molar-refractivity contribution is 0.00940. The van der Waals surface area contributed by atoms with Gasteiger partial charge < -0.3 is 4.74 Å². The van der Waals surface area contributed by atoms with Crippen molar-refractivity contribution < 1.29 is 13.2 Å². The average Bonchev–Trinajstić information content (AvgIpc) is 3.10. The summed E-state index contributed by atoms with van der Waals surface area (Å²) in [6.07, 6.45) is 8.88. The molecule has 1 atom stereocenters. The molecule has 0 aromatic carbocycles. The van der Waals surface area contributed by atoms with Crippen LogP contribution in [0.4, 0.5) is 0 Å². The molecule has 22 heavy (non-hydrogen) atoms. The largest absolute Gasteiger partial charge is 0.370 e. The SMILES string of the molecule is O=S(=O)(NCc1cnc(C2CCCCO2)nc1)c1cn[nH]c1. The van der Waals surface area contributed by atoms with Crippen LogP contribution < -0.4 is 4.72 Å². The molecular formula is C13H17N5O3S. The summed E-state index contributed by atoms with van der Waals surface area (Å²) in [4.78, 5) is 8.65. The van der Waals surface area contributed by atoms with Crippen LogP contribution in [0.15, 0.2) is 29.7 Å². The van der Waals surface area contributed by atoms with Crippen LogP contribution in [0.1, 0.15) is 36.8 Å². The molecule has 3 heterocycles. The second-order valence-electron chi connectivity index (χ2n) is 5.06. The van der Waals surface area contributed by atoms with Gasteiger partial charge in [0.15, 0.2) is 5.82 Å². The van der Waals surface area contributed by atoms with Crippen molar-refractivity contribution in [2.24, 2.45) is 0 Å². The van der Waals surface area contributed by atoms with Crippen molar-refractivity contribution >= 4 is 10.0 Å². The van der Waals surface area contributed by atoms with Gasteiger partial charge in [0.25, 0.3) is 0 Å². The Kier molecular flexibility index (Phi) is 4.46. The Morgan fingerprint density at radius 1 is 1.27 bits per heavy atom. The Morgan fingerprint density at radius 2 is 2.09 bits per heavy atom. The van der Waals surface area contributed by atoms with Crippen molar-refractivity contribution in [3.05, 3.63) is 36.2 Å². The van der Waals surface area contributed by atoms with Gasteiger partial charge in [-0.25, -0.2) is 23.1 Å². The fraction of sp³-hybridized carbons (Fsp3) is 0.462. The van der Waals surface area contributed by atoms with Gasteiger partial charge in [0.05, 0.1) is 6.20 Å². The summed E-state index contributed by atoms with van der Waals surface area (Å²) in [6.45, 7) is 0.861. The van der Waals surface area contributed by atoms with E-state index in [1.807, 2.05) is 0 Å². The highest BCUT2D eigenvalue weighted by atomic mass is 32.2. The number of nitrogens with one attached hydrogen (secondary N) is 2. The van der Waals surface area contributed by atoms with E-state index in [-0.39, 0.29) is 17.5 Å². The molecule has 2 aromatic rings. The van der Waals surface area contributed by atoms with Crippen molar-refractivity contribution in [3.8, 4) is 0 Å². The minimum absolute atomic E-state index is 0.0505. The highest BCUT2D eigenvalue weighted by Crippen LogP contribution is 2.24. The number of nitrogens with zero attached hydrogens (tertiary/aromatic N) is 3. The Labute approximate surface area is 128 Å². The van der Waals surface area contributed by atoms with Gasteiger partial charge in [-0.05, 0) is 19.3 Å². The van der Waals surface area contributed by atoms with E-state index in [1.165, 1.54) is 12.4 Å². The topological polar surface area (TPSA) is 110 Å². The minimum Gasteiger partial charge on any atom is -0.370 e. The maximum atomic E-state index is 11.9. The maximum absolute atomic E-state index is 11.9. The van der Waals surface area contributed by atoms with E-state index in [0.29, 0.717) is 11.4 Å². The zero-order valence-corrected chi connectivity index (χ0v) is 12.7. The number of rotatable bonds is 5. The molecular weight excluding hydrogens is 306 g/mol. The van der Waals surface area contributed by atoms with Crippen LogP contribution in [-0.2, 0) is 21.3 Å². The molecule has 1 aliphatic heterocycles. The first-order chi connectivity index (χ1) is 10.6. The van der Waals surface area contributed by atoms with E-state index in [9.17, 15) is 8.42 Å². The quantitative estimate of drug-likeness (QED) is 0.846. The van der Waals surface area contributed by atoms with Crippen LogP contribution >= 0.6 is 0 Å². The number of hydrogen-bond donors (Lipinski definition) is 2. The number of ether oxygens (including phenoxy) is 1. The summed E-state index contributed by atoms with van der Waals surface area (Å²) >= 11 is 0. The lowest BCUT2D eigenvalue weighted by Crippen LogP contribution is -2.23. The fourth-order valence-corrected chi connectivity index (χ4v) is 3.14. The second-order valence-corrected chi connectivity index (χ2v) is 6.83. The number of sulfonamides is 1. The fourth-order valence-electron chi connectivity index (χ4n) is 2.21. The van der Waals surface area contributed by atoms with Gasteiger partial charge in [-0.2, -0.15) is 5.10 Å². The van der Waals surface area contributed by atoms with Gasteiger partial charge in [0.2, 0.25) is 10.0 Å². The van der Waals surface area contributed by atoms with Crippen LogP contribution in [0.2, 0.25) is 0 Å². The molecule has 0 saturated carbocycles. The highest BCUT2D eigenvalue weighted by molar-refractivity contribution is 7.89. The summed E-state index contributed by atoms with van der Waals surface area (Å²) in [6, 6.07) is 0. The molecule has 3 rings (SSSR count). The molecule has 0 amide bonds. The van der Waals surface area contributed by atoms with Gasteiger partial charge in [0.1, 0.15) is 11.0 Å². The second kappa shape index (κ2) is 6.51. The Bertz CT molecular complexity index is 694. The maximum Gasteiger partial charge on any atom is 0.243 e. The normalized spacial score (nSPS) is 19.2. The molecule has 8 nitrogen and oxygen atoms in total. The Hall–Kier alpha value is -1.84. The summed E-state index contributed by atoms with van der Waals surface area (Å²) in [5, 5.41) is 6.09. The van der Waals surface area contributed by atoms with Crippen molar-refractivity contribution in [1.29, 1.82) is 0 Å². The lowest BCUT2D eigenvalue weighted by atomic mass is 10.1. The van der Waals surface area contributed by atoms with Crippen molar-refractivity contribution in [2.75, 3.05) is 6.61 Å². The van der Waals surface area contributed by atoms with Crippen LogP contribution in [0.5, 0.6) is 0 Å². The zero-order valence-electron chi connectivity index (χ0n) is 11.9. The van der Waals surface area contributed by atoms with Crippen LogP contribution in [0.3, 0.4) is 0 Å². The standard InChI is InChI=1S/C13H17N5O3S/c19-22(20,11-8-16-17-9-11)18-7-10-5-14-13(15-6-10)12-3-1-2-4-21-12/h5-6,8-9,12,18H,1-4,7H2,(H,16,17). The molecule has 1 aliphatic rings. The molecule has 2 aromatic heterocycles. The lowest BCUT2D eigenvalue weighted by Gasteiger charge is -2.21. The smallest absolute Gasteiger partial charge is 0.243 e. The van der Waals surface area contributed by atoms with E-state index in [4.69, 9.17) is 4.74 Å². The molecule has 118 valence electrons. The van der Waals surface area contributed by atoms with Crippen molar-refractivity contribution in [3.63, 3.8) is 0 Å². The Balaban J connectivity index is 1.61. The van der Waals surface area contributed by atoms with Gasteiger partial charge in [-0.3, -0.25) is 5.10 Å². The van der Waals surface area contributed by atoms with E-state index in [0.717, 1.165) is 25.9 Å². The molecule has 2 N–H and O–H groups in total. The van der Waals surface area contributed by atoms with Crippen LogP contribution in [-0.4, -0.2) is 35.2 Å². The summed E-state index contributed by atoms with van der Waals surface area (Å²) < 4.78 is 32.0. The summed E-state index contributed by atoms with van der Waals surface area (Å²) in [5.41, 5.74) is 0.687. The van der Waals surface area contributed by atoms with Gasteiger partial charge in [-0.1, -0.05) is 0 Å². The first-order valence-electron chi connectivity index (χ1n) is 7.06. The number of H-pyrrole nitrogens is 1. The number of aromatic amines is 1. The first kappa shape index (κ1) is 15.1.